The van der Waals surface area contributed by atoms with Crippen molar-refractivity contribution in [2.45, 2.75) is 70.4 Å². The summed E-state index contributed by atoms with van der Waals surface area (Å²) in [6, 6.07) is 10.3. The highest BCUT2D eigenvalue weighted by Crippen LogP contribution is 2.33. The van der Waals surface area contributed by atoms with Crippen LogP contribution in [0.2, 0.25) is 0 Å². The van der Waals surface area contributed by atoms with Gasteiger partial charge in [0.2, 0.25) is 10.0 Å². The molecule has 15 heteroatoms. The van der Waals surface area contributed by atoms with Gasteiger partial charge in [-0.15, -0.1) is 11.3 Å². The molecule has 0 amide bonds. The average Bonchev–Trinajstić information content (AvgIpc) is 3.59. The number of halogens is 3. The first-order chi connectivity index (χ1) is 22.3. The monoisotopic (exact) mass is 688 g/mol. The maximum atomic E-state index is 12.9. The second-order valence-electron chi connectivity index (χ2n) is 12.7. The Labute approximate surface area is 276 Å². The van der Waals surface area contributed by atoms with Crippen molar-refractivity contribution in [2.24, 2.45) is 0 Å². The van der Waals surface area contributed by atoms with E-state index in [0.29, 0.717) is 28.3 Å². The number of hydrogen-bond acceptors (Lipinski definition) is 9. The SMILES string of the molecule is Cc1c(CN2CCC(Nc3ncnc4sc(CC(F)(F)F)cc34)CC2)ccc2c1cc(C#N)n2CCN1CCC(NS(C)(=O)=O)CC1. The van der Waals surface area contributed by atoms with Gasteiger partial charge in [-0.2, -0.15) is 18.4 Å². The van der Waals surface area contributed by atoms with E-state index in [1.807, 2.05) is 6.07 Å². The third kappa shape index (κ3) is 8.24. The number of likely N-dealkylation sites (tertiary alicyclic amines) is 2. The molecule has 0 unspecified atom stereocenters. The predicted molar refractivity (Wildman–Crippen MR) is 178 cm³/mol. The second-order valence-corrected chi connectivity index (χ2v) is 15.6. The molecule has 0 bridgehead atoms. The van der Waals surface area contributed by atoms with Crippen molar-refractivity contribution >= 4 is 48.3 Å². The van der Waals surface area contributed by atoms with Crippen LogP contribution in [0.3, 0.4) is 0 Å². The number of anilines is 1. The molecule has 0 aliphatic carbocycles. The standard InChI is InChI=1S/C32H39F3N8O2S2/c1-21-22(3-4-29-27(21)15-25(18-36)43(29)14-13-41-9-7-24(8-10-41)40-47(2,44)45)19-42-11-5-23(6-12-42)39-30-28-16-26(17-32(33,34)35)46-31(28)38-20-37-30/h3-4,15-16,20,23-24,40H,5-14,17,19H2,1-2H3,(H,37,38,39). The van der Waals surface area contributed by atoms with E-state index in [2.05, 4.69) is 59.5 Å². The molecule has 6 rings (SSSR count). The van der Waals surface area contributed by atoms with Gasteiger partial charge < -0.3 is 14.8 Å². The molecule has 2 aliphatic rings. The molecular formula is C32H39F3N8O2S2. The lowest BCUT2D eigenvalue weighted by Crippen LogP contribution is -2.45. The van der Waals surface area contributed by atoms with Gasteiger partial charge in [-0.3, -0.25) is 4.90 Å². The van der Waals surface area contributed by atoms with Crippen LogP contribution in [0, 0.1) is 18.3 Å². The highest BCUT2D eigenvalue weighted by atomic mass is 32.2. The largest absolute Gasteiger partial charge is 0.393 e. The third-order valence-corrected chi connectivity index (χ3v) is 11.1. The van der Waals surface area contributed by atoms with Crippen molar-refractivity contribution in [1.82, 2.24) is 29.1 Å². The van der Waals surface area contributed by atoms with E-state index in [-0.39, 0.29) is 17.0 Å². The summed E-state index contributed by atoms with van der Waals surface area (Å²) in [6.07, 6.45) is 0.669. The van der Waals surface area contributed by atoms with Crippen LogP contribution in [-0.2, 0) is 29.5 Å². The summed E-state index contributed by atoms with van der Waals surface area (Å²) in [5.41, 5.74) is 4.07. The highest BCUT2D eigenvalue weighted by molar-refractivity contribution is 7.88. The number of nitriles is 1. The van der Waals surface area contributed by atoms with E-state index in [4.69, 9.17) is 0 Å². The first-order valence-electron chi connectivity index (χ1n) is 15.9. The lowest BCUT2D eigenvalue weighted by Gasteiger charge is -2.33. The van der Waals surface area contributed by atoms with E-state index in [0.717, 1.165) is 87.2 Å². The zero-order chi connectivity index (χ0) is 33.3. The summed E-state index contributed by atoms with van der Waals surface area (Å²) in [7, 11) is -3.21. The summed E-state index contributed by atoms with van der Waals surface area (Å²) in [5, 5.41) is 15.1. The lowest BCUT2D eigenvalue weighted by atomic mass is 10.0. The number of nitrogens with one attached hydrogen (secondary N) is 2. The molecule has 47 heavy (non-hydrogen) atoms. The summed E-state index contributed by atoms with van der Waals surface area (Å²) in [5.74, 6) is 0.589. The van der Waals surface area contributed by atoms with Crippen LogP contribution in [0.25, 0.3) is 21.1 Å². The number of alkyl halides is 3. The Hall–Kier alpha value is -3.29. The van der Waals surface area contributed by atoms with Crippen molar-refractivity contribution in [3.8, 4) is 6.07 Å². The Balaban J connectivity index is 1.05. The van der Waals surface area contributed by atoms with E-state index >= 15 is 0 Å². The summed E-state index contributed by atoms with van der Waals surface area (Å²) in [6.45, 7) is 7.74. The Bertz CT molecular complexity index is 1880. The molecule has 10 nitrogen and oxygen atoms in total. The predicted octanol–water partition coefficient (Wildman–Crippen LogP) is 5.02. The van der Waals surface area contributed by atoms with Gasteiger partial charge in [-0.25, -0.2) is 23.1 Å². The zero-order valence-corrected chi connectivity index (χ0v) is 28.1. The quantitative estimate of drug-likeness (QED) is 0.239. The van der Waals surface area contributed by atoms with Crippen LogP contribution in [0.5, 0.6) is 0 Å². The molecule has 0 saturated carbocycles. The Morgan fingerprint density at radius 2 is 1.70 bits per heavy atom. The van der Waals surface area contributed by atoms with Crippen molar-refractivity contribution in [1.29, 1.82) is 5.26 Å². The number of piperidine rings is 2. The minimum Gasteiger partial charge on any atom is -0.367 e. The van der Waals surface area contributed by atoms with Gasteiger partial charge >= 0.3 is 6.18 Å². The Morgan fingerprint density at radius 1 is 1.00 bits per heavy atom. The molecule has 4 aromatic rings. The van der Waals surface area contributed by atoms with Crippen molar-refractivity contribution in [2.75, 3.05) is 44.3 Å². The van der Waals surface area contributed by atoms with E-state index < -0.39 is 22.6 Å². The fraction of sp³-hybridized carbons (Fsp3) is 0.531. The molecule has 2 N–H and O–H groups in total. The van der Waals surface area contributed by atoms with Gasteiger partial charge in [0.25, 0.3) is 0 Å². The summed E-state index contributed by atoms with van der Waals surface area (Å²) in [4.78, 5) is 14.1. The number of aryl methyl sites for hydroxylation is 1. The van der Waals surface area contributed by atoms with Crippen LogP contribution in [0.1, 0.15) is 47.4 Å². The molecule has 0 atom stereocenters. The zero-order valence-electron chi connectivity index (χ0n) is 26.5. The Kier molecular flexibility index (Phi) is 9.78. The van der Waals surface area contributed by atoms with Crippen molar-refractivity contribution < 1.29 is 21.6 Å². The highest BCUT2D eigenvalue weighted by Gasteiger charge is 2.29. The first kappa shape index (κ1) is 33.6. The molecule has 5 heterocycles. The maximum Gasteiger partial charge on any atom is 0.393 e. The minimum absolute atomic E-state index is 0.0229. The first-order valence-corrected chi connectivity index (χ1v) is 18.6. The molecule has 2 saturated heterocycles. The van der Waals surface area contributed by atoms with E-state index in [1.165, 1.54) is 23.7 Å². The average molecular weight is 689 g/mol. The molecule has 2 fully saturated rings. The lowest BCUT2D eigenvalue weighted by molar-refractivity contribution is -0.126. The number of thiophene rings is 1. The van der Waals surface area contributed by atoms with E-state index in [1.54, 1.807) is 6.07 Å². The fourth-order valence-electron chi connectivity index (χ4n) is 6.82. The number of sulfonamides is 1. The third-order valence-electron chi connectivity index (χ3n) is 9.27. The molecule has 2 aliphatic heterocycles. The minimum atomic E-state index is -4.26. The van der Waals surface area contributed by atoms with Gasteiger partial charge in [0, 0.05) is 60.6 Å². The molecular weight excluding hydrogens is 650 g/mol. The molecule has 1 aromatic carbocycles. The normalized spacial score (nSPS) is 17.9. The van der Waals surface area contributed by atoms with Gasteiger partial charge in [0.15, 0.2) is 0 Å². The second kappa shape index (κ2) is 13.7. The van der Waals surface area contributed by atoms with Gasteiger partial charge in [0.1, 0.15) is 28.7 Å². The smallest absolute Gasteiger partial charge is 0.367 e. The number of aromatic nitrogens is 3. The Morgan fingerprint density at radius 3 is 2.38 bits per heavy atom. The molecule has 252 valence electrons. The van der Waals surface area contributed by atoms with E-state index in [9.17, 15) is 26.9 Å². The van der Waals surface area contributed by atoms with Crippen LogP contribution in [-0.4, -0.2) is 90.0 Å². The van der Waals surface area contributed by atoms with Gasteiger partial charge in [-0.1, -0.05) is 6.07 Å². The molecule has 0 radical (unpaired) electrons. The van der Waals surface area contributed by atoms with Crippen molar-refractivity contribution in [3.05, 3.63) is 52.3 Å². The van der Waals surface area contributed by atoms with Gasteiger partial charge in [0.05, 0.1) is 18.1 Å². The van der Waals surface area contributed by atoms with Crippen LogP contribution < -0.4 is 10.0 Å². The molecule has 0 spiro atoms. The fourth-order valence-corrected chi connectivity index (χ4v) is 8.69. The maximum absolute atomic E-state index is 12.9. The number of rotatable bonds is 10. The topological polar surface area (TPSA) is 119 Å². The number of hydrogen-bond donors (Lipinski definition) is 2. The summed E-state index contributed by atoms with van der Waals surface area (Å²) >= 11 is 1.06. The number of nitrogens with zero attached hydrogens (tertiary/aromatic N) is 6. The van der Waals surface area contributed by atoms with Gasteiger partial charge in [-0.05, 0) is 75.0 Å². The van der Waals surface area contributed by atoms with Crippen molar-refractivity contribution in [3.63, 3.8) is 0 Å². The van der Waals surface area contributed by atoms with Crippen LogP contribution in [0.15, 0.2) is 30.6 Å². The molecule has 3 aromatic heterocycles. The van der Waals surface area contributed by atoms with Crippen LogP contribution in [0.4, 0.5) is 19.0 Å². The van der Waals surface area contributed by atoms with Crippen LogP contribution >= 0.6 is 11.3 Å². The number of benzene rings is 1. The number of fused-ring (bicyclic) bond motifs is 2. The summed E-state index contributed by atoms with van der Waals surface area (Å²) < 4.78 is 66.7.